The van der Waals surface area contributed by atoms with Gasteiger partial charge in [-0.2, -0.15) is 0 Å². The molecule has 3 rings (SSSR count). The fourth-order valence-electron chi connectivity index (χ4n) is 3.38. The Kier molecular flexibility index (Phi) is 5.75. The van der Waals surface area contributed by atoms with Crippen LogP contribution in [0.3, 0.4) is 0 Å². The third-order valence-corrected chi connectivity index (χ3v) is 4.67. The first-order chi connectivity index (χ1) is 12.7. The van der Waals surface area contributed by atoms with Gasteiger partial charge in [0.05, 0.1) is 6.26 Å². The number of nitrogens with zero attached hydrogens (tertiary/aromatic N) is 1. The van der Waals surface area contributed by atoms with Gasteiger partial charge in [-0.25, -0.2) is 0 Å². The van der Waals surface area contributed by atoms with Crippen LogP contribution in [0.5, 0.6) is 0 Å². The number of carbonyl (C=O) groups excluding carboxylic acids is 2. The lowest BCUT2D eigenvalue weighted by atomic mass is 10.1. The second-order valence-corrected chi connectivity index (χ2v) is 6.44. The van der Waals surface area contributed by atoms with Crippen LogP contribution in [0, 0.1) is 12.3 Å². The fraction of sp³-hybridized carbons (Fsp3) is 0.333. The zero-order valence-corrected chi connectivity index (χ0v) is 14.6. The lowest BCUT2D eigenvalue weighted by molar-refractivity contribution is -0.125. The van der Waals surface area contributed by atoms with Crippen LogP contribution in [0.4, 0.5) is 5.69 Å². The van der Waals surface area contributed by atoms with Gasteiger partial charge >= 0.3 is 5.91 Å². The van der Waals surface area contributed by atoms with E-state index in [1.165, 1.54) is 4.90 Å². The highest BCUT2D eigenvalue weighted by Crippen LogP contribution is 2.22. The molecule has 134 valence electrons. The smallest absolute Gasteiger partial charge is 0.303 e. The number of terminal acetylenes is 1. The van der Waals surface area contributed by atoms with Gasteiger partial charge in [-0.15, -0.1) is 6.42 Å². The van der Waals surface area contributed by atoms with Crippen LogP contribution in [0.1, 0.15) is 31.4 Å². The minimum atomic E-state index is -0.771. The van der Waals surface area contributed by atoms with E-state index in [1.54, 1.807) is 30.5 Å². The SMILES string of the molecule is C#CC(=O)N(c1ccccc1)C(Cc1ccco1)C(=O)NC1CCCC1. The topological polar surface area (TPSA) is 62.6 Å². The Hall–Kier alpha value is -3.00. The van der Waals surface area contributed by atoms with Crippen molar-refractivity contribution in [2.75, 3.05) is 4.90 Å². The second kappa shape index (κ2) is 8.39. The maximum absolute atomic E-state index is 13.0. The van der Waals surface area contributed by atoms with E-state index in [0.717, 1.165) is 25.7 Å². The molecule has 1 fully saturated rings. The average Bonchev–Trinajstić information content (AvgIpc) is 3.36. The maximum Gasteiger partial charge on any atom is 0.303 e. The molecule has 1 atom stereocenters. The molecule has 1 N–H and O–H groups in total. The third kappa shape index (κ3) is 4.15. The summed E-state index contributed by atoms with van der Waals surface area (Å²) >= 11 is 0. The van der Waals surface area contributed by atoms with E-state index in [-0.39, 0.29) is 18.4 Å². The highest BCUT2D eigenvalue weighted by atomic mass is 16.3. The summed E-state index contributed by atoms with van der Waals surface area (Å²) in [5.74, 6) is 2.02. The number of hydrogen-bond donors (Lipinski definition) is 1. The van der Waals surface area contributed by atoms with E-state index in [1.807, 2.05) is 18.2 Å². The van der Waals surface area contributed by atoms with Crippen molar-refractivity contribution in [2.24, 2.45) is 0 Å². The summed E-state index contributed by atoms with van der Waals surface area (Å²) in [4.78, 5) is 26.9. The van der Waals surface area contributed by atoms with Gasteiger partial charge in [-0.1, -0.05) is 31.0 Å². The largest absolute Gasteiger partial charge is 0.469 e. The number of rotatable bonds is 6. The summed E-state index contributed by atoms with van der Waals surface area (Å²) in [6.07, 6.45) is 11.4. The molecule has 1 aromatic heterocycles. The third-order valence-electron chi connectivity index (χ3n) is 4.67. The summed E-state index contributed by atoms with van der Waals surface area (Å²) in [7, 11) is 0. The number of anilines is 1. The predicted molar refractivity (Wildman–Crippen MR) is 99.4 cm³/mol. The molecule has 1 aliphatic carbocycles. The molecule has 0 radical (unpaired) electrons. The molecule has 5 heteroatoms. The molecule has 2 amide bonds. The monoisotopic (exact) mass is 350 g/mol. The first-order valence-corrected chi connectivity index (χ1v) is 8.86. The second-order valence-electron chi connectivity index (χ2n) is 6.44. The van der Waals surface area contributed by atoms with Gasteiger partial charge < -0.3 is 9.73 Å². The number of amides is 2. The fourth-order valence-corrected chi connectivity index (χ4v) is 3.38. The molecule has 5 nitrogen and oxygen atoms in total. The van der Waals surface area contributed by atoms with E-state index < -0.39 is 11.9 Å². The van der Waals surface area contributed by atoms with Crippen LogP contribution < -0.4 is 10.2 Å². The van der Waals surface area contributed by atoms with E-state index in [0.29, 0.717) is 11.4 Å². The number of nitrogens with one attached hydrogen (secondary N) is 1. The first kappa shape index (κ1) is 17.8. The van der Waals surface area contributed by atoms with E-state index in [4.69, 9.17) is 10.8 Å². The molecule has 2 aromatic rings. The number of benzene rings is 1. The Morgan fingerprint density at radius 2 is 1.92 bits per heavy atom. The predicted octanol–water partition coefficient (Wildman–Crippen LogP) is 2.92. The highest BCUT2D eigenvalue weighted by Gasteiger charge is 2.33. The first-order valence-electron chi connectivity index (χ1n) is 8.86. The minimum absolute atomic E-state index is 0.153. The molecular formula is C21H22N2O3. The molecule has 0 aliphatic heterocycles. The average molecular weight is 350 g/mol. The van der Waals surface area contributed by atoms with Gasteiger partial charge in [0, 0.05) is 18.2 Å². The van der Waals surface area contributed by atoms with Gasteiger partial charge in [0.25, 0.3) is 0 Å². The Bertz CT molecular complexity index is 771. The summed E-state index contributed by atoms with van der Waals surface area (Å²) in [6.45, 7) is 0. The van der Waals surface area contributed by atoms with Gasteiger partial charge in [-0.05, 0) is 43.0 Å². The quantitative estimate of drug-likeness (QED) is 0.815. The van der Waals surface area contributed by atoms with Gasteiger partial charge in [0.1, 0.15) is 11.8 Å². The van der Waals surface area contributed by atoms with Crippen molar-refractivity contribution in [3.05, 3.63) is 54.5 Å². The van der Waals surface area contributed by atoms with Crippen molar-refractivity contribution in [2.45, 2.75) is 44.2 Å². The molecule has 0 saturated heterocycles. The zero-order valence-electron chi connectivity index (χ0n) is 14.6. The minimum Gasteiger partial charge on any atom is -0.469 e. The van der Waals surface area contributed by atoms with Crippen LogP contribution in [-0.2, 0) is 16.0 Å². The van der Waals surface area contributed by atoms with E-state index in [2.05, 4.69) is 11.2 Å². The Labute approximate surface area is 153 Å². The Morgan fingerprint density at radius 1 is 1.19 bits per heavy atom. The molecule has 26 heavy (non-hydrogen) atoms. The molecule has 0 spiro atoms. The lowest BCUT2D eigenvalue weighted by Gasteiger charge is -2.30. The summed E-state index contributed by atoms with van der Waals surface area (Å²) < 4.78 is 5.41. The summed E-state index contributed by atoms with van der Waals surface area (Å²) in [5, 5.41) is 3.08. The Balaban J connectivity index is 1.91. The van der Waals surface area contributed by atoms with Gasteiger partial charge in [0.2, 0.25) is 5.91 Å². The molecule has 1 unspecified atom stereocenters. The van der Waals surface area contributed by atoms with Crippen LogP contribution in [0.25, 0.3) is 0 Å². The standard InChI is InChI=1S/C21H22N2O3/c1-2-20(24)23(17-11-4-3-5-12-17)19(15-18-13-8-14-26-18)21(25)22-16-9-6-7-10-16/h1,3-5,8,11-14,16,19H,6-7,9-10,15H2,(H,22,25). The van der Waals surface area contributed by atoms with E-state index in [9.17, 15) is 9.59 Å². The summed E-state index contributed by atoms with van der Waals surface area (Å²) in [6, 6.07) is 11.9. The molecule has 1 aromatic carbocycles. The normalized spacial score (nSPS) is 15.2. The zero-order chi connectivity index (χ0) is 18.4. The molecular weight excluding hydrogens is 328 g/mol. The van der Waals surface area contributed by atoms with Crippen molar-refractivity contribution < 1.29 is 14.0 Å². The molecule has 0 bridgehead atoms. The number of furan rings is 1. The van der Waals surface area contributed by atoms with Crippen molar-refractivity contribution >= 4 is 17.5 Å². The molecule has 1 heterocycles. The summed E-state index contributed by atoms with van der Waals surface area (Å²) in [5.41, 5.74) is 0.591. The molecule has 1 aliphatic rings. The van der Waals surface area contributed by atoms with Gasteiger partial charge in [-0.3, -0.25) is 14.5 Å². The van der Waals surface area contributed by atoms with Crippen LogP contribution in [0.15, 0.2) is 53.1 Å². The van der Waals surface area contributed by atoms with Crippen molar-refractivity contribution in [1.29, 1.82) is 0 Å². The van der Waals surface area contributed by atoms with Crippen molar-refractivity contribution in [3.8, 4) is 12.3 Å². The lowest BCUT2D eigenvalue weighted by Crippen LogP contribution is -2.52. The van der Waals surface area contributed by atoms with Crippen molar-refractivity contribution in [3.63, 3.8) is 0 Å². The van der Waals surface area contributed by atoms with Crippen molar-refractivity contribution in [1.82, 2.24) is 5.32 Å². The molecule has 1 saturated carbocycles. The maximum atomic E-state index is 13.0. The van der Waals surface area contributed by atoms with E-state index >= 15 is 0 Å². The van der Waals surface area contributed by atoms with Gasteiger partial charge in [0.15, 0.2) is 0 Å². The highest BCUT2D eigenvalue weighted by molar-refractivity contribution is 6.09. The van der Waals surface area contributed by atoms with Crippen LogP contribution in [-0.4, -0.2) is 23.9 Å². The van der Waals surface area contributed by atoms with Crippen LogP contribution >= 0.6 is 0 Å². The number of hydrogen-bond acceptors (Lipinski definition) is 3. The number of para-hydroxylation sites is 1. The Morgan fingerprint density at radius 3 is 2.54 bits per heavy atom. The number of carbonyl (C=O) groups is 2. The van der Waals surface area contributed by atoms with Crippen LogP contribution in [0.2, 0.25) is 0 Å².